The van der Waals surface area contributed by atoms with Crippen LogP contribution in [0.4, 0.5) is 0 Å². The van der Waals surface area contributed by atoms with Crippen LogP contribution in [0.3, 0.4) is 0 Å². The number of rotatable bonds is 7. The summed E-state index contributed by atoms with van der Waals surface area (Å²) in [6.45, 7) is 5.29. The summed E-state index contributed by atoms with van der Waals surface area (Å²) >= 11 is 0. The second-order valence-electron chi connectivity index (χ2n) is 5.48. The maximum absolute atomic E-state index is 12.0. The monoisotopic (exact) mass is 358 g/mol. The summed E-state index contributed by atoms with van der Waals surface area (Å²) in [6, 6.07) is 5.56. The Kier molecular flexibility index (Phi) is 7.02. The van der Waals surface area contributed by atoms with Crippen molar-refractivity contribution in [2.75, 3.05) is 20.0 Å². The third-order valence-electron chi connectivity index (χ3n) is 3.74. The van der Waals surface area contributed by atoms with Crippen LogP contribution >= 0.6 is 0 Å². The number of benzene rings is 1. The van der Waals surface area contributed by atoms with Crippen molar-refractivity contribution in [3.05, 3.63) is 53.1 Å². The number of carbonyl (C=O) groups excluding carboxylic acids is 2. The minimum absolute atomic E-state index is 0.104. The lowest BCUT2D eigenvalue weighted by molar-refractivity contribution is -0.141. The van der Waals surface area contributed by atoms with Crippen LogP contribution in [0, 0.1) is 0 Å². The first-order chi connectivity index (χ1) is 12.5. The molecule has 1 aliphatic rings. The molecule has 0 saturated heterocycles. The lowest BCUT2D eigenvalue weighted by Crippen LogP contribution is -2.16. The lowest BCUT2D eigenvalue weighted by atomic mass is 10.2. The maximum Gasteiger partial charge on any atom is 0.337 e. The fourth-order valence-electron chi connectivity index (χ4n) is 2.05. The third-order valence-corrected chi connectivity index (χ3v) is 3.74. The van der Waals surface area contributed by atoms with Crippen molar-refractivity contribution in [3.8, 4) is 11.5 Å². The number of fused-ring (bicyclic) bond motifs is 1. The maximum atomic E-state index is 12.0. The van der Waals surface area contributed by atoms with E-state index in [2.05, 4.69) is 0 Å². The number of carbonyl (C=O) groups is 2. The molecule has 26 heavy (non-hydrogen) atoms. The van der Waals surface area contributed by atoms with E-state index < -0.39 is 11.9 Å². The number of ether oxygens (including phenoxy) is 4. The van der Waals surface area contributed by atoms with E-state index in [0.29, 0.717) is 22.6 Å². The third kappa shape index (κ3) is 5.24. The first-order valence-electron chi connectivity index (χ1n) is 8.23. The van der Waals surface area contributed by atoms with Gasteiger partial charge in [-0.25, -0.2) is 9.59 Å². The van der Waals surface area contributed by atoms with Gasteiger partial charge in [0.15, 0.2) is 11.5 Å². The van der Waals surface area contributed by atoms with Gasteiger partial charge < -0.3 is 18.9 Å². The molecule has 0 spiro atoms. The van der Waals surface area contributed by atoms with E-state index in [-0.39, 0.29) is 20.0 Å². The molecule has 0 bridgehead atoms. The Hall–Kier alpha value is -3.02. The molecule has 0 unspecified atom stereocenters. The standard InChI is InChI=1S/C20H22O6/c1-4-14(3)19(21)24-12-16(5-2)20(22)23-10-6-7-15-8-9-17-18(11-15)26-13-25-17/h4-9,11H,10,12-13H2,1-3H3/b7-6+,14-4-,16-5-. The highest BCUT2D eigenvalue weighted by molar-refractivity contribution is 5.91. The smallest absolute Gasteiger partial charge is 0.337 e. The molecule has 138 valence electrons. The highest BCUT2D eigenvalue weighted by atomic mass is 16.7. The number of hydrogen-bond acceptors (Lipinski definition) is 6. The average Bonchev–Trinajstić information content (AvgIpc) is 3.12. The van der Waals surface area contributed by atoms with Crippen LogP contribution in [0.25, 0.3) is 6.08 Å². The van der Waals surface area contributed by atoms with E-state index in [9.17, 15) is 9.59 Å². The van der Waals surface area contributed by atoms with Gasteiger partial charge in [0.25, 0.3) is 0 Å². The van der Waals surface area contributed by atoms with Crippen LogP contribution in [0.15, 0.2) is 47.6 Å². The molecule has 1 heterocycles. The van der Waals surface area contributed by atoms with Crippen molar-refractivity contribution in [1.82, 2.24) is 0 Å². The zero-order chi connectivity index (χ0) is 18.9. The zero-order valence-electron chi connectivity index (χ0n) is 15.1. The molecule has 1 aromatic rings. The van der Waals surface area contributed by atoms with E-state index in [4.69, 9.17) is 18.9 Å². The second-order valence-corrected chi connectivity index (χ2v) is 5.48. The quantitative estimate of drug-likeness (QED) is 0.549. The predicted octanol–water partition coefficient (Wildman–Crippen LogP) is 3.43. The minimum atomic E-state index is -0.520. The highest BCUT2D eigenvalue weighted by Gasteiger charge is 2.14. The van der Waals surface area contributed by atoms with Crippen molar-refractivity contribution < 1.29 is 28.5 Å². The summed E-state index contributed by atoms with van der Waals surface area (Å²) in [4.78, 5) is 23.6. The fourth-order valence-corrected chi connectivity index (χ4v) is 2.05. The van der Waals surface area contributed by atoms with Crippen molar-refractivity contribution >= 4 is 18.0 Å². The van der Waals surface area contributed by atoms with Gasteiger partial charge in [0.05, 0.1) is 5.57 Å². The number of allylic oxidation sites excluding steroid dienone is 2. The topological polar surface area (TPSA) is 71.1 Å². The fraction of sp³-hybridized carbons (Fsp3) is 0.300. The Bertz CT molecular complexity index is 758. The van der Waals surface area contributed by atoms with Crippen molar-refractivity contribution in [1.29, 1.82) is 0 Å². The van der Waals surface area contributed by atoms with Gasteiger partial charge in [-0.05, 0) is 44.5 Å². The molecule has 1 aliphatic heterocycles. The molecule has 0 saturated carbocycles. The molecule has 2 rings (SSSR count). The summed E-state index contributed by atoms with van der Waals surface area (Å²) in [5, 5.41) is 0. The van der Waals surface area contributed by atoms with Gasteiger partial charge in [-0.15, -0.1) is 0 Å². The number of esters is 2. The van der Waals surface area contributed by atoms with E-state index in [1.165, 1.54) is 0 Å². The molecule has 0 fully saturated rings. The molecular formula is C20H22O6. The van der Waals surface area contributed by atoms with Crippen LogP contribution in [0.2, 0.25) is 0 Å². The van der Waals surface area contributed by atoms with Gasteiger partial charge in [-0.2, -0.15) is 0 Å². The molecule has 0 aliphatic carbocycles. The van der Waals surface area contributed by atoms with E-state index in [1.807, 2.05) is 24.3 Å². The first-order valence-corrected chi connectivity index (χ1v) is 8.23. The number of hydrogen-bond donors (Lipinski definition) is 0. The Morgan fingerprint density at radius 1 is 1.08 bits per heavy atom. The van der Waals surface area contributed by atoms with Crippen LogP contribution in [0.1, 0.15) is 26.3 Å². The minimum Gasteiger partial charge on any atom is -0.458 e. The molecule has 0 aromatic heterocycles. The highest BCUT2D eigenvalue weighted by Crippen LogP contribution is 2.32. The van der Waals surface area contributed by atoms with Gasteiger partial charge in [0.2, 0.25) is 6.79 Å². The van der Waals surface area contributed by atoms with E-state index >= 15 is 0 Å². The zero-order valence-corrected chi connectivity index (χ0v) is 15.1. The molecule has 0 radical (unpaired) electrons. The van der Waals surface area contributed by atoms with Crippen LogP contribution in [-0.4, -0.2) is 31.9 Å². The van der Waals surface area contributed by atoms with Crippen molar-refractivity contribution in [2.24, 2.45) is 0 Å². The Morgan fingerprint density at radius 2 is 1.85 bits per heavy atom. The summed E-state index contributed by atoms with van der Waals surface area (Å²) in [5.74, 6) is 0.434. The van der Waals surface area contributed by atoms with Gasteiger partial charge in [0, 0.05) is 5.57 Å². The molecule has 1 aromatic carbocycles. The largest absolute Gasteiger partial charge is 0.458 e. The van der Waals surface area contributed by atoms with E-state index in [1.54, 1.807) is 39.0 Å². The van der Waals surface area contributed by atoms with E-state index in [0.717, 1.165) is 5.56 Å². The van der Waals surface area contributed by atoms with Crippen LogP contribution in [-0.2, 0) is 19.1 Å². The average molecular weight is 358 g/mol. The summed E-state index contributed by atoms with van der Waals surface area (Å²) < 4.78 is 20.8. The Morgan fingerprint density at radius 3 is 2.58 bits per heavy atom. The molecule has 0 atom stereocenters. The molecule has 6 heteroatoms. The molecular weight excluding hydrogens is 336 g/mol. The molecule has 0 N–H and O–H groups in total. The van der Waals surface area contributed by atoms with Crippen molar-refractivity contribution in [2.45, 2.75) is 20.8 Å². The van der Waals surface area contributed by atoms with Crippen LogP contribution < -0.4 is 9.47 Å². The summed E-state index contributed by atoms with van der Waals surface area (Å²) in [5.41, 5.74) is 1.69. The van der Waals surface area contributed by atoms with Crippen LogP contribution in [0.5, 0.6) is 11.5 Å². The Labute approximate surface area is 152 Å². The normalized spacial score (nSPS) is 13.8. The molecule has 6 nitrogen and oxygen atoms in total. The van der Waals surface area contributed by atoms with Gasteiger partial charge in [-0.3, -0.25) is 0 Å². The summed E-state index contributed by atoms with van der Waals surface area (Å²) in [6.07, 6.45) is 6.76. The van der Waals surface area contributed by atoms with Gasteiger partial charge in [0.1, 0.15) is 13.2 Å². The van der Waals surface area contributed by atoms with Gasteiger partial charge >= 0.3 is 11.9 Å². The second kappa shape index (κ2) is 9.46. The van der Waals surface area contributed by atoms with Gasteiger partial charge in [-0.1, -0.05) is 24.3 Å². The SMILES string of the molecule is C/C=C(/C)C(=O)OC/C(=C/C)C(=O)OC/C=C/c1ccc2c(c1)OCO2. The Balaban J connectivity index is 1.80. The lowest BCUT2D eigenvalue weighted by Gasteiger charge is -2.08. The molecule has 0 amide bonds. The first kappa shape index (κ1) is 19.3. The summed E-state index contributed by atoms with van der Waals surface area (Å²) in [7, 11) is 0. The predicted molar refractivity (Wildman–Crippen MR) is 96.7 cm³/mol. The van der Waals surface area contributed by atoms with Crippen molar-refractivity contribution in [3.63, 3.8) is 0 Å².